The third-order valence-corrected chi connectivity index (χ3v) is 6.71. The van der Waals surface area contributed by atoms with Crippen molar-refractivity contribution in [2.45, 2.75) is 72.8 Å². The lowest BCUT2D eigenvalue weighted by atomic mass is 10.0. The number of phenolic OH excluding ortho intramolecular Hbond substituents is 2. The van der Waals surface area contributed by atoms with Gasteiger partial charge in [0.2, 0.25) is 0 Å². The highest BCUT2D eigenvalue weighted by molar-refractivity contribution is 5.90. The van der Waals surface area contributed by atoms with Crippen molar-refractivity contribution in [2.75, 3.05) is 13.2 Å². The van der Waals surface area contributed by atoms with Crippen LogP contribution in [0.1, 0.15) is 87.4 Å². The van der Waals surface area contributed by atoms with Crippen LogP contribution in [0.25, 0.3) is 0 Å². The first-order valence-corrected chi connectivity index (χ1v) is 14.7. The van der Waals surface area contributed by atoms with Crippen LogP contribution in [-0.4, -0.2) is 47.4 Å². The van der Waals surface area contributed by atoms with Crippen LogP contribution < -0.4 is 0 Å². The van der Waals surface area contributed by atoms with Crippen molar-refractivity contribution in [3.05, 3.63) is 106 Å². The zero-order valence-corrected chi connectivity index (χ0v) is 26.3. The molecule has 236 valence electrons. The first kappa shape index (κ1) is 35.6. The van der Waals surface area contributed by atoms with E-state index in [0.29, 0.717) is 30.4 Å². The van der Waals surface area contributed by atoms with Crippen LogP contribution in [-0.2, 0) is 19.0 Å². The molecular formula is C36H44O8. The summed E-state index contributed by atoms with van der Waals surface area (Å²) in [6.07, 6.45) is 10.9. The van der Waals surface area contributed by atoms with Gasteiger partial charge in [-0.1, -0.05) is 29.4 Å². The number of carbonyl (C=O) groups is 3. The van der Waals surface area contributed by atoms with E-state index in [0.717, 1.165) is 35.1 Å². The fourth-order valence-corrected chi connectivity index (χ4v) is 4.06. The van der Waals surface area contributed by atoms with Gasteiger partial charge in [0.25, 0.3) is 0 Å². The Morgan fingerprint density at radius 2 is 1.27 bits per heavy atom. The number of aromatic hydroxyl groups is 2. The van der Waals surface area contributed by atoms with Gasteiger partial charge in [0.1, 0.15) is 30.8 Å². The summed E-state index contributed by atoms with van der Waals surface area (Å²) in [5.41, 5.74) is 4.81. The third-order valence-electron chi connectivity index (χ3n) is 6.71. The van der Waals surface area contributed by atoms with Gasteiger partial charge in [-0.2, -0.15) is 0 Å². The van der Waals surface area contributed by atoms with Crippen LogP contribution in [0.2, 0.25) is 0 Å². The second kappa shape index (κ2) is 18.8. The molecule has 1 atom stereocenters. The van der Waals surface area contributed by atoms with Gasteiger partial charge in [-0.05, 0) is 119 Å². The van der Waals surface area contributed by atoms with Crippen molar-refractivity contribution < 1.29 is 38.8 Å². The zero-order chi connectivity index (χ0) is 32.5. The molecule has 0 aliphatic heterocycles. The van der Waals surface area contributed by atoms with E-state index in [1.54, 1.807) is 0 Å². The van der Waals surface area contributed by atoms with Crippen LogP contribution in [0.5, 0.6) is 11.5 Å². The maximum Gasteiger partial charge on any atom is 0.338 e. The number of rotatable bonds is 16. The summed E-state index contributed by atoms with van der Waals surface area (Å²) >= 11 is 0. The molecule has 0 aromatic heterocycles. The van der Waals surface area contributed by atoms with Gasteiger partial charge in [-0.15, -0.1) is 0 Å². The quantitative estimate of drug-likeness (QED) is 0.113. The molecule has 2 aromatic carbocycles. The van der Waals surface area contributed by atoms with Crippen molar-refractivity contribution in [2.24, 2.45) is 0 Å². The Balaban J connectivity index is 1.97. The smallest absolute Gasteiger partial charge is 0.338 e. The van der Waals surface area contributed by atoms with Crippen molar-refractivity contribution in [3.8, 4) is 11.5 Å². The van der Waals surface area contributed by atoms with Crippen LogP contribution in [0, 0.1) is 0 Å². The van der Waals surface area contributed by atoms with E-state index in [1.807, 2.05) is 45.9 Å². The Morgan fingerprint density at radius 1 is 0.705 bits per heavy atom. The molecule has 0 heterocycles. The highest BCUT2D eigenvalue weighted by Crippen LogP contribution is 2.20. The van der Waals surface area contributed by atoms with Crippen LogP contribution in [0.4, 0.5) is 0 Å². The maximum absolute atomic E-state index is 12.7. The van der Waals surface area contributed by atoms with Crippen molar-refractivity contribution >= 4 is 17.9 Å². The van der Waals surface area contributed by atoms with Gasteiger partial charge in [-0.25, -0.2) is 9.59 Å². The largest absolute Gasteiger partial charge is 0.508 e. The molecule has 0 bridgehead atoms. The number of esters is 3. The molecule has 0 radical (unpaired) electrons. The number of carbonyl (C=O) groups excluding carboxylic acids is 3. The van der Waals surface area contributed by atoms with Crippen LogP contribution in [0.15, 0.2) is 95.1 Å². The van der Waals surface area contributed by atoms with E-state index in [1.165, 1.54) is 55.5 Å². The standard InChI is InChI=1S/C36H44O8/c1-25(2)12-21-34(44-36(41)31-15-19-33(39)20-16-31)27(4)9-7-11-29(24-43-28(5)37)10-6-8-26(3)22-23-42-35(40)30-13-17-32(38)18-14-30/h9-10,12-20,22,34,38-39H,6-8,11,21,23-24H2,1-5H3/b26-22+,27-9+,29-10-/t34-/m1/s1. The van der Waals surface area contributed by atoms with Gasteiger partial charge >= 0.3 is 17.9 Å². The molecule has 0 fully saturated rings. The van der Waals surface area contributed by atoms with E-state index in [2.05, 4.69) is 6.08 Å². The first-order chi connectivity index (χ1) is 20.9. The molecule has 0 aliphatic carbocycles. The summed E-state index contributed by atoms with van der Waals surface area (Å²) in [5.74, 6) is -1.11. The highest BCUT2D eigenvalue weighted by atomic mass is 16.5. The molecule has 2 rings (SSSR count). The zero-order valence-electron chi connectivity index (χ0n) is 26.3. The average Bonchev–Trinajstić information content (AvgIpc) is 2.98. The van der Waals surface area contributed by atoms with Crippen LogP contribution >= 0.6 is 0 Å². The predicted molar refractivity (Wildman–Crippen MR) is 170 cm³/mol. The predicted octanol–water partition coefficient (Wildman–Crippen LogP) is 7.78. The molecule has 0 saturated heterocycles. The molecular weight excluding hydrogens is 560 g/mol. The molecule has 0 unspecified atom stereocenters. The first-order valence-electron chi connectivity index (χ1n) is 14.7. The number of hydrogen-bond donors (Lipinski definition) is 2. The summed E-state index contributed by atoms with van der Waals surface area (Å²) in [4.78, 5) is 36.3. The lowest BCUT2D eigenvalue weighted by Crippen LogP contribution is -2.19. The lowest BCUT2D eigenvalue weighted by Gasteiger charge is -2.18. The average molecular weight is 605 g/mol. The molecule has 2 aromatic rings. The summed E-state index contributed by atoms with van der Waals surface area (Å²) in [6, 6.07) is 11.9. The topological polar surface area (TPSA) is 119 Å². The molecule has 0 saturated carbocycles. The SMILES string of the molecule is CC(=O)OC/C(=C\CC/C(C)=C/COC(=O)c1ccc(O)cc1)CC/C=C(\C)[C@@H](CC=C(C)C)OC(=O)c1ccc(O)cc1. The number of allylic oxidation sites excluding steroid dienone is 4. The van der Waals surface area contributed by atoms with Crippen molar-refractivity contribution in [1.29, 1.82) is 0 Å². The fraction of sp³-hybridized carbons (Fsp3) is 0.361. The third kappa shape index (κ3) is 14.1. The van der Waals surface area contributed by atoms with Crippen molar-refractivity contribution in [1.82, 2.24) is 0 Å². The highest BCUT2D eigenvalue weighted by Gasteiger charge is 2.17. The minimum atomic E-state index is -0.459. The molecule has 44 heavy (non-hydrogen) atoms. The number of ether oxygens (including phenoxy) is 3. The lowest BCUT2D eigenvalue weighted by molar-refractivity contribution is -0.140. The van der Waals surface area contributed by atoms with Crippen LogP contribution in [0.3, 0.4) is 0 Å². The van der Waals surface area contributed by atoms with E-state index in [4.69, 9.17) is 14.2 Å². The Morgan fingerprint density at radius 3 is 1.84 bits per heavy atom. The van der Waals surface area contributed by atoms with E-state index >= 15 is 0 Å². The van der Waals surface area contributed by atoms with Gasteiger partial charge in [0.15, 0.2) is 0 Å². The molecule has 0 amide bonds. The van der Waals surface area contributed by atoms with Gasteiger partial charge in [-0.3, -0.25) is 4.79 Å². The monoisotopic (exact) mass is 604 g/mol. The second-order valence-electron chi connectivity index (χ2n) is 10.8. The summed E-state index contributed by atoms with van der Waals surface area (Å²) in [5, 5.41) is 18.9. The summed E-state index contributed by atoms with van der Waals surface area (Å²) < 4.78 is 16.4. The van der Waals surface area contributed by atoms with E-state index < -0.39 is 18.0 Å². The summed E-state index contributed by atoms with van der Waals surface area (Å²) in [6.45, 7) is 9.61. The fourth-order valence-electron chi connectivity index (χ4n) is 4.06. The molecule has 8 nitrogen and oxygen atoms in total. The van der Waals surface area contributed by atoms with Gasteiger partial charge in [0.05, 0.1) is 11.1 Å². The Labute approximate surface area is 260 Å². The molecule has 2 N–H and O–H groups in total. The van der Waals surface area contributed by atoms with Gasteiger partial charge in [0, 0.05) is 13.3 Å². The molecule has 0 spiro atoms. The van der Waals surface area contributed by atoms with Crippen molar-refractivity contribution in [3.63, 3.8) is 0 Å². The Hall–Kier alpha value is -4.59. The minimum Gasteiger partial charge on any atom is -0.508 e. The van der Waals surface area contributed by atoms with Gasteiger partial charge < -0.3 is 24.4 Å². The number of benzene rings is 2. The molecule has 0 aliphatic rings. The normalized spacial score (nSPS) is 12.7. The summed E-state index contributed by atoms with van der Waals surface area (Å²) in [7, 11) is 0. The van der Waals surface area contributed by atoms with E-state index in [9.17, 15) is 24.6 Å². The Bertz CT molecular complexity index is 1360. The second-order valence-corrected chi connectivity index (χ2v) is 10.8. The maximum atomic E-state index is 12.7. The number of phenols is 2. The molecule has 8 heteroatoms. The van der Waals surface area contributed by atoms with E-state index in [-0.39, 0.29) is 30.7 Å². The Kier molecular flexibility index (Phi) is 15.2. The minimum absolute atomic E-state index is 0.0787. The number of hydrogen-bond acceptors (Lipinski definition) is 8.